The van der Waals surface area contributed by atoms with Crippen LogP contribution in [0.25, 0.3) is 0 Å². The molecule has 0 saturated carbocycles. The first-order valence-electron chi connectivity index (χ1n) is 3.97. The fourth-order valence-corrected chi connectivity index (χ4v) is 1.40. The van der Waals surface area contributed by atoms with Gasteiger partial charge in [-0.1, -0.05) is 0 Å². The van der Waals surface area contributed by atoms with Crippen molar-refractivity contribution in [3.8, 4) is 0 Å². The summed E-state index contributed by atoms with van der Waals surface area (Å²) in [7, 11) is 0. The van der Waals surface area contributed by atoms with Crippen LogP contribution < -0.4 is 3.55 Å². The summed E-state index contributed by atoms with van der Waals surface area (Å²) in [5.41, 5.74) is 0. The van der Waals surface area contributed by atoms with Crippen LogP contribution in [0.5, 0.6) is 0 Å². The van der Waals surface area contributed by atoms with Crippen molar-refractivity contribution in [1.29, 1.82) is 0 Å². The molecule has 0 amide bonds. The van der Waals surface area contributed by atoms with Crippen LogP contribution in [0.15, 0.2) is 17.5 Å². The van der Waals surface area contributed by atoms with E-state index in [9.17, 15) is 0 Å². The Morgan fingerprint density at radius 2 is 2.09 bits per heavy atom. The summed E-state index contributed by atoms with van der Waals surface area (Å²) in [5.74, 6) is 0. The number of thiophene rings is 1. The van der Waals surface area contributed by atoms with Gasteiger partial charge in [-0.3, -0.25) is 0 Å². The summed E-state index contributed by atoms with van der Waals surface area (Å²) in [6.07, 6.45) is 2.56. The summed E-state index contributed by atoms with van der Waals surface area (Å²) in [5, 5.41) is 2.08. The molecule has 3 heteroatoms. The molecular weight excluding hydrogens is 151 g/mol. The molecule has 1 saturated heterocycles. The summed E-state index contributed by atoms with van der Waals surface area (Å²) in [6, 6.07) is 4.16. The first-order valence-corrected chi connectivity index (χ1v) is 4.85. The summed E-state index contributed by atoms with van der Waals surface area (Å²) in [6.45, 7) is 2.00. The minimum absolute atomic E-state index is 1.00. The van der Waals surface area contributed by atoms with Crippen molar-refractivity contribution >= 4 is 32.6 Å². The Morgan fingerprint density at radius 1 is 1.36 bits per heavy atom. The van der Waals surface area contributed by atoms with Crippen LogP contribution in [0.2, 0.25) is 0 Å². The Labute approximate surface area is 81.0 Å². The van der Waals surface area contributed by atoms with Crippen LogP contribution in [0.3, 0.4) is 0 Å². The second kappa shape index (κ2) is 5.85. The molecule has 11 heavy (non-hydrogen) atoms. The Kier molecular flexibility index (Phi) is 4.97. The summed E-state index contributed by atoms with van der Waals surface area (Å²) < 4.78 is 6.33. The van der Waals surface area contributed by atoms with Crippen molar-refractivity contribution in [1.82, 2.24) is 0 Å². The van der Waals surface area contributed by atoms with Crippen molar-refractivity contribution in [2.75, 3.05) is 13.2 Å². The summed E-state index contributed by atoms with van der Waals surface area (Å²) >= 11 is 3.88. The van der Waals surface area contributed by atoms with Gasteiger partial charge < -0.3 is 4.74 Å². The van der Waals surface area contributed by atoms with Crippen LogP contribution in [-0.2, 0) is 4.74 Å². The van der Waals surface area contributed by atoms with Crippen molar-refractivity contribution in [3.05, 3.63) is 17.5 Å². The first kappa shape index (κ1) is 9.35. The van der Waals surface area contributed by atoms with E-state index in [-0.39, 0.29) is 0 Å². The van der Waals surface area contributed by atoms with Gasteiger partial charge in [-0.15, -0.1) is 0 Å². The van der Waals surface area contributed by atoms with Crippen LogP contribution in [0.1, 0.15) is 12.8 Å². The standard InChI is InChI=1S/C4H8O.C4H3S.Li/c2*1-2-4-5-3-1;/h1-4H2;1-3H;. The van der Waals surface area contributed by atoms with Gasteiger partial charge in [0.05, 0.1) is 0 Å². The monoisotopic (exact) mass is 162 g/mol. The molecule has 1 aliphatic heterocycles. The van der Waals surface area contributed by atoms with Crippen molar-refractivity contribution in [2.45, 2.75) is 12.8 Å². The topological polar surface area (TPSA) is 9.23 Å². The minimum atomic E-state index is 1.00. The van der Waals surface area contributed by atoms with E-state index in [1.807, 2.05) is 0 Å². The zero-order chi connectivity index (χ0) is 7.94. The first-order chi connectivity index (χ1) is 5.39. The predicted molar refractivity (Wildman–Crippen MR) is 49.8 cm³/mol. The molecule has 1 aromatic rings. The Morgan fingerprint density at radius 3 is 2.27 bits per heavy atom. The molecule has 0 N–H and O–H groups in total. The van der Waals surface area contributed by atoms with Crippen molar-refractivity contribution in [3.63, 3.8) is 0 Å². The second-order valence-corrected chi connectivity index (χ2v) is 3.69. The van der Waals surface area contributed by atoms with Gasteiger partial charge in [0.15, 0.2) is 0 Å². The van der Waals surface area contributed by atoms with Gasteiger partial charge >= 0.3 is 50.1 Å². The van der Waals surface area contributed by atoms with Crippen LogP contribution in [0, 0.1) is 0 Å². The number of rotatable bonds is 0. The molecule has 1 nitrogen and oxygen atoms in total. The van der Waals surface area contributed by atoms with Crippen LogP contribution >= 0.6 is 11.3 Å². The zero-order valence-electron chi connectivity index (χ0n) is 6.88. The van der Waals surface area contributed by atoms with E-state index in [1.165, 1.54) is 16.4 Å². The molecule has 0 aromatic carbocycles. The van der Waals surface area contributed by atoms with E-state index in [1.54, 1.807) is 11.3 Å². The second-order valence-electron chi connectivity index (χ2n) is 2.54. The van der Waals surface area contributed by atoms with E-state index in [4.69, 9.17) is 4.74 Å². The molecule has 0 unspecified atom stereocenters. The molecule has 0 aliphatic carbocycles. The zero-order valence-corrected chi connectivity index (χ0v) is 7.69. The van der Waals surface area contributed by atoms with E-state index < -0.39 is 0 Å². The normalized spacial score (nSPS) is 15.8. The maximum atomic E-state index is 4.94. The van der Waals surface area contributed by atoms with Crippen LogP contribution in [0.4, 0.5) is 0 Å². The summed E-state index contributed by atoms with van der Waals surface area (Å²) in [4.78, 5) is 0. The van der Waals surface area contributed by atoms with Crippen molar-refractivity contribution in [2.24, 2.45) is 0 Å². The van der Waals surface area contributed by atoms with Gasteiger partial charge in [0.25, 0.3) is 0 Å². The van der Waals surface area contributed by atoms with Crippen molar-refractivity contribution < 1.29 is 4.74 Å². The predicted octanol–water partition coefficient (Wildman–Crippen LogP) is 1.34. The number of ether oxygens (including phenoxy) is 1. The molecular formula is C8H11LiOS. The van der Waals surface area contributed by atoms with E-state index in [0.717, 1.165) is 13.2 Å². The van der Waals surface area contributed by atoms with Gasteiger partial charge in [-0.2, -0.15) is 0 Å². The van der Waals surface area contributed by atoms with E-state index in [0.29, 0.717) is 0 Å². The fourth-order valence-electron chi connectivity index (χ4n) is 0.871. The third kappa shape index (κ3) is 4.66. The van der Waals surface area contributed by atoms with Gasteiger partial charge in [0.1, 0.15) is 0 Å². The molecule has 0 spiro atoms. The molecule has 1 aliphatic rings. The van der Waals surface area contributed by atoms with Gasteiger partial charge in [-0.25, -0.2) is 0 Å². The SMILES string of the molecule is C1CCOC1.[Li][c]1cccs1. The van der Waals surface area contributed by atoms with Crippen LogP contribution in [-0.4, -0.2) is 30.9 Å². The molecule has 1 aromatic heterocycles. The Hall–Kier alpha value is 0.257. The maximum absolute atomic E-state index is 4.94. The average Bonchev–Trinajstić information content (AvgIpc) is 2.57. The third-order valence-corrected chi connectivity index (χ3v) is 2.29. The average molecular weight is 162 g/mol. The van der Waals surface area contributed by atoms with E-state index >= 15 is 0 Å². The third-order valence-electron chi connectivity index (χ3n) is 1.49. The number of hydrogen-bond donors (Lipinski definition) is 0. The Balaban J connectivity index is 0.000000112. The molecule has 0 atom stereocenters. The van der Waals surface area contributed by atoms with E-state index in [2.05, 4.69) is 35.2 Å². The molecule has 1 fully saturated rings. The fraction of sp³-hybridized carbons (Fsp3) is 0.500. The quantitative estimate of drug-likeness (QED) is 0.523. The molecule has 56 valence electrons. The molecule has 0 bridgehead atoms. The Bertz CT molecular complexity index is 163. The molecule has 2 rings (SSSR count). The molecule has 0 radical (unpaired) electrons. The van der Waals surface area contributed by atoms with Gasteiger partial charge in [0, 0.05) is 13.2 Å². The molecule has 2 heterocycles. The number of hydrogen-bond acceptors (Lipinski definition) is 2. The van der Waals surface area contributed by atoms with Gasteiger partial charge in [-0.05, 0) is 12.8 Å². The van der Waals surface area contributed by atoms with Gasteiger partial charge in [0.2, 0.25) is 0 Å².